The summed E-state index contributed by atoms with van der Waals surface area (Å²) in [7, 11) is -2.71. The predicted molar refractivity (Wildman–Crippen MR) is 111 cm³/mol. The molecule has 186 valence electrons. The van der Waals surface area contributed by atoms with Crippen LogP contribution in [0.4, 0.5) is 9.59 Å². The largest absolute Gasteiger partial charge is 0.467 e. The zero-order valence-corrected chi connectivity index (χ0v) is 20.3. The molecule has 32 heavy (non-hydrogen) atoms. The van der Waals surface area contributed by atoms with Gasteiger partial charge in [-0.2, -0.15) is 0 Å². The van der Waals surface area contributed by atoms with Crippen LogP contribution < -0.4 is 10.6 Å². The van der Waals surface area contributed by atoms with Gasteiger partial charge in [-0.15, -0.1) is 0 Å². The summed E-state index contributed by atoms with van der Waals surface area (Å²) >= 11 is 0. The average Bonchev–Trinajstić information content (AvgIpc) is 2.65. The third-order valence-corrected chi connectivity index (χ3v) is 5.74. The number of nitrogens with one attached hydrogen (secondary N) is 2. The number of ether oxygens (including phenoxy) is 4. The van der Waals surface area contributed by atoms with Crippen molar-refractivity contribution in [2.75, 3.05) is 33.5 Å². The third-order valence-electron chi connectivity index (χ3n) is 3.41. The number of hydrogen-bond acceptors (Lipinski definition) is 11. The van der Waals surface area contributed by atoms with Crippen molar-refractivity contribution in [2.24, 2.45) is 5.41 Å². The molecule has 0 aromatic heterocycles. The molecular weight excluding hydrogens is 451 g/mol. The highest BCUT2D eigenvalue weighted by Crippen LogP contribution is 2.52. The van der Waals surface area contributed by atoms with Crippen molar-refractivity contribution < 1.29 is 51.7 Å². The molecule has 2 amide bonds. The maximum Gasteiger partial charge on any atom is 0.409 e. The second-order valence-corrected chi connectivity index (χ2v) is 9.75. The smallest absolute Gasteiger partial charge is 0.409 e. The Morgan fingerprint density at radius 1 is 0.844 bits per heavy atom. The van der Waals surface area contributed by atoms with Crippen molar-refractivity contribution in [2.45, 2.75) is 53.6 Å². The van der Waals surface area contributed by atoms with Gasteiger partial charge >= 0.3 is 31.7 Å². The maximum absolute atomic E-state index is 13.0. The van der Waals surface area contributed by atoms with Gasteiger partial charge in [-0.3, -0.25) is 13.6 Å². The summed E-state index contributed by atoms with van der Waals surface area (Å²) < 4.78 is 41.9. The SMILES string of the molecule is CCOC(=O)C(C)NC(=O)OCOP(=O)(CC(C)(C)C)OCOC(=O)NC(C)C(=O)OC. The highest BCUT2D eigenvalue weighted by molar-refractivity contribution is 7.53. The van der Waals surface area contributed by atoms with Crippen LogP contribution in [-0.2, 0) is 42.1 Å². The van der Waals surface area contributed by atoms with Crippen molar-refractivity contribution in [1.29, 1.82) is 0 Å². The van der Waals surface area contributed by atoms with Gasteiger partial charge in [0, 0.05) is 0 Å². The van der Waals surface area contributed by atoms with Gasteiger partial charge in [-0.25, -0.2) is 19.2 Å². The number of amides is 2. The zero-order chi connectivity index (χ0) is 24.9. The highest BCUT2D eigenvalue weighted by atomic mass is 31.2. The second kappa shape index (κ2) is 13.9. The molecule has 0 radical (unpaired) electrons. The van der Waals surface area contributed by atoms with Crippen molar-refractivity contribution >= 4 is 31.7 Å². The van der Waals surface area contributed by atoms with Crippen LogP contribution in [0.3, 0.4) is 0 Å². The van der Waals surface area contributed by atoms with Gasteiger partial charge in [0.2, 0.25) is 13.6 Å². The van der Waals surface area contributed by atoms with E-state index in [0.29, 0.717) is 0 Å². The number of esters is 2. The first-order valence-electron chi connectivity index (χ1n) is 9.72. The second-order valence-electron chi connectivity index (χ2n) is 7.69. The number of alkyl carbamates (subject to hydrolysis) is 2. The van der Waals surface area contributed by atoms with Crippen LogP contribution in [0.1, 0.15) is 41.5 Å². The lowest BCUT2D eigenvalue weighted by molar-refractivity contribution is -0.145. The van der Waals surface area contributed by atoms with E-state index in [2.05, 4.69) is 15.4 Å². The molecule has 0 aliphatic carbocycles. The number of hydrogen-bond donors (Lipinski definition) is 2. The van der Waals surface area contributed by atoms with E-state index in [4.69, 9.17) is 23.3 Å². The standard InChI is InChI=1S/C18H33N2O11P/c1-8-27-15(22)13(3)20-17(24)29-11-31-32(25,9-18(4,5)6)30-10-28-16(23)19-12(2)14(21)26-7/h12-13H,8-11H2,1-7H3,(H,19,23)(H,20,24). The molecule has 0 bridgehead atoms. The average molecular weight is 484 g/mol. The van der Waals surface area contributed by atoms with Crippen molar-refractivity contribution in [3.63, 3.8) is 0 Å². The highest BCUT2D eigenvalue weighted by Gasteiger charge is 2.32. The molecule has 0 fully saturated rings. The lowest BCUT2D eigenvalue weighted by Crippen LogP contribution is -2.40. The van der Waals surface area contributed by atoms with E-state index in [9.17, 15) is 23.7 Å². The molecule has 0 aromatic rings. The Balaban J connectivity index is 4.70. The van der Waals surface area contributed by atoms with Crippen LogP contribution in [0.25, 0.3) is 0 Å². The number of carbonyl (C=O) groups excluding carboxylic acids is 4. The fourth-order valence-electron chi connectivity index (χ4n) is 2.03. The normalized spacial score (nSPS) is 14.8. The summed E-state index contributed by atoms with van der Waals surface area (Å²) in [6.07, 6.45) is -2.10. The Hall–Kier alpha value is -2.37. The van der Waals surface area contributed by atoms with Crippen LogP contribution >= 0.6 is 7.60 Å². The van der Waals surface area contributed by atoms with Gasteiger partial charge in [-0.1, -0.05) is 20.8 Å². The minimum atomic E-state index is -3.87. The van der Waals surface area contributed by atoms with Gasteiger partial charge in [0.15, 0.2) is 0 Å². The van der Waals surface area contributed by atoms with E-state index < -0.39 is 62.8 Å². The molecule has 13 nitrogen and oxygen atoms in total. The number of carbonyl (C=O) groups is 4. The zero-order valence-electron chi connectivity index (χ0n) is 19.4. The quantitative estimate of drug-likeness (QED) is 0.180. The van der Waals surface area contributed by atoms with E-state index >= 15 is 0 Å². The molecule has 0 rings (SSSR count). The maximum atomic E-state index is 13.0. The summed E-state index contributed by atoms with van der Waals surface area (Å²) in [5.74, 6) is -1.33. The molecule has 14 heteroatoms. The summed E-state index contributed by atoms with van der Waals surface area (Å²) in [5, 5.41) is 4.43. The molecule has 0 spiro atoms. The molecule has 0 aliphatic rings. The Morgan fingerprint density at radius 2 is 1.28 bits per heavy atom. The summed E-state index contributed by atoms with van der Waals surface area (Å²) in [6.45, 7) is 8.36. The van der Waals surface area contributed by atoms with Crippen LogP contribution in [0.2, 0.25) is 0 Å². The van der Waals surface area contributed by atoms with E-state index in [1.807, 2.05) is 0 Å². The summed E-state index contributed by atoms with van der Waals surface area (Å²) in [4.78, 5) is 46.2. The van der Waals surface area contributed by atoms with Crippen LogP contribution in [0.15, 0.2) is 0 Å². The first kappa shape index (κ1) is 29.6. The predicted octanol–water partition coefficient (Wildman–Crippen LogP) is 2.14. The molecular formula is C18H33N2O11P. The van der Waals surface area contributed by atoms with E-state index in [0.717, 1.165) is 7.11 Å². The fraction of sp³-hybridized carbons (Fsp3) is 0.778. The van der Waals surface area contributed by atoms with Crippen LogP contribution in [-0.4, -0.2) is 69.7 Å². The Bertz CT molecular complexity index is 693. The van der Waals surface area contributed by atoms with Crippen molar-refractivity contribution in [1.82, 2.24) is 10.6 Å². The topological polar surface area (TPSA) is 165 Å². The van der Waals surface area contributed by atoms with Crippen molar-refractivity contribution in [3.8, 4) is 0 Å². The van der Waals surface area contributed by atoms with E-state index in [-0.39, 0.29) is 12.8 Å². The Kier molecular flexibility index (Phi) is 12.9. The molecule has 3 unspecified atom stereocenters. The minimum absolute atomic E-state index is 0.0895. The monoisotopic (exact) mass is 484 g/mol. The van der Waals surface area contributed by atoms with Gasteiger partial charge in [-0.05, 0) is 26.2 Å². The van der Waals surface area contributed by atoms with Crippen LogP contribution in [0.5, 0.6) is 0 Å². The third kappa shape index (κ3) is 13.1. The van der Waals surface area contributed by atoms with Gasteiger partial charge in [0.1, 0.15) is 12.1 Å². The molecule has 0 heterocycles. The lowest BCUT2D eigenvalue weighted by Gasteiger charge is -2.25. The van der Waals surface area contributed by atoms with E-state index in [1.54, 1.807) is 27.7 Å². The summed E-state index contributed by atoms with van der Waals surface area (Å²) in [5.41, 5.74) is -0.516. The molecule has 0 saturated heterocycles. The first-order valence-corrected chi connectivity index (χ1v) is 11.4. The summed E-state index contributed by atoms with van der Waals surface area (Å²) in [6, 6.07) is -1.92. The van der Waals surface area contributed by atoms with Gasteiger partial charge < -0.3 is 29.6 Å². The Labute approximate surface area is 187 Å². The Morgan fingerprint density at radius 3 is 1.66 bits per heavy atom. The van der Waals surface area contributed by atoms with Crippen LogP contribution in [0, 0.1) is 5.41 Å². The molecule has 0 aromatic carbocycles. The van der Waals surface area contributed by atoms with E-state index in [1.165, 1.54) is 13.8 Å². The number of rotatable bonds is 12. The number of methoxy groups -OCH3 is 1. The fourth-order valence-corrected chi connectivity index (χ4v) is 3.87. The van der Waals surface area contributed by atoms with Gasteiger partial charge in [0.05, 0.1) is 19.9 Å². The molecule has 0 saturated carbocycles. The minimum Gasteiger partial charge on any atom is -0.467 e. The molecule has 3 atom stereocenters. The molecule has 2 N–H and O–H groups in total. The lowest BCUT2D eigenvalue weighted by atomic mass is 10.0. The van der Waals surface area contributed by atoms with Crippen molar-refractivity contribution in [3.05, 3.63) is 0 Å². The van der Waals surface area contributed by atoms with Gasteiger partial charge in [0.25, 0.3) is 0 Å². The first-order chi connectivity index (χ1) is 14.7. The molecule has 0 aliphatic heterocycles.